The van der Waals surface area contributed by atoms with Crippen LogP contribution in [0, 0.1) is 11.8 Å². The summed E-state index contributed by atoms with van der Waals surface area (Å²) in [7, 11) is 0. The van der Waals surface area contributed by atoms with Crippen molar-refractivity contribution < 1.29 is 0 Å². The van der Waals surface area contributed by atoms with Crippen LogP contribution in [0.5, 0.6) is 0 Å². The predicted molar refractivity (Wildman–Crippen MR) is 46.9 cm³/mol. The third-order valence-electron chi connectivity index (χ3n) is 1.65. The van der Waals surface area contributed by atoms with Gasteiger partial charge < -0.3 is 5.73 Å². The van der Waals surface area contributed by atoms with Crippen molar-refractivity contribution in [1.29, 1.82) is 0 Å². The van der Waals surface area contributed by atoms with E-state index >= 15 is 0 Å². The van der Waals surface area contributed by atoms with E-state index in [4.69, 9.17) is 5.73 Å². The molecule has 0 saturated carbocycles. The summed E-state index contributed by atoms with van der Waals surface area (Å²) in [6.07, 6.45) is 2.47. The van der Waals surface area contributed by atoms with Crippen LogP contribution in [0.2, 0.25) is 0 Å². The molecule has 0 aromatic rings. The molecule has 1 unspecified atom stereocenters. The van der Waals surface area contributed by atoms with Crippen LogP contribution in [0.15, 0.2) is 0 Å². The van der Waals surface area contributed by atoms with Crippen LogP contribution in [-0.4, -0.2) is 6.04 Å². The minimum Gasteiger partial charge on any atom is -0.328 e. The maximum Gasteiger partial charge on any atom is 0.00130 e. The molecule has 62 valence electrons. The van der Waals surface area contributed by atoms with Crippen LogP contribution in [0.1, 0.15) is 40.5 Å². The first-order valence-corrected chi connectivity index (χ1v) is 4.28. The van der Waals surface area contributed by atoms with Gasteiger partial charge in [0.25, 0.3) is 0 Å². The summed E-state index contributed by atoms with van der Waals surface area (Å²) < 4.78 is 0. The van der Waals surface area contributed by atoms with Crippen molar-refractivity contribution in [1.82, 2.24) is 0 Å². The molecular weight excluding hydrogens is 122 g/mol. The molecule has 0 aliphatic heterocycles. The molecule has 0 aromatic heterocycles. The molecule has 0 saturated heterocycles. The van der Waals surface area contributed by atoms with Crippen molar-refractivity contribution in [2.45, 2.75) is 46.6 Å². The van der Waals surface area contributed by atoms with Gasteiger partial charge in [-0.25, -0.2) is 0 Å². The van der Waals surface area contributed by atoms with Crippen LogP contribution < -0.4 is 5.73 Å². The van der Waals surface area contributed by atoms with E-state index in [0.29, 0.717) is 6.04 Å². The lowest BCUT2D eigenvalue weighted by atomic mass is 9.94. The van der Waals surface area contributed by atoms with Crippen LogP contribution in [0.4, 0.5) is 0 Å². The summed E-state index contributed by atoms with van der Waals surface area (Å²) in [6, 6.07) is 0.369. The Kier molecular flexibility index (Phi) is 4.71. The largest absolute Gasteiger partial charge is 0.328 e. The highest BCUT2D eigenvalue weighted by molar-refractivity contribution is 4.61. The van der Waals surface area contributed by atoms with E-state index in [1.54, 1.807) is 0 Å². The van der Waals surface area contributed by atoms with Crippen LogP contribution in [-0.2, 0) is 0 Å². The summed E-state index contributed by atoms with van der Waals surface area (Å²) >= 11 is 0. The van der Waals surface area contributed by atoms with Gasteiger partial charge in [-0.2, -0.15) is 0 Å². The Morgan fingerprint density at radius 3 is 1.80 bits per heavy atom. The second kappa shape index (κ2) is 4.73. The van der Waals surface area contributed by atoms with Crippen molar-refractivity contribution in [2.24, 2.45) is 17.6 Å². The van der Waals surface area contributed by atoms with Gasteiger partial charge in [-0.15, -0.1) is 0 Å². The van der Waals surface area contributed by atoms with Crippen molar-refractivity contribution in [3.05, 3.63) is 0 Å². The molecule has 0 heterocycles. The molecule has 1 heteroatoms. The van der Waals surface area contributed by atoms with E-state index in [1.165, 1.54) is 6.42 Å². The number of hydrogen-bond donors (Lipinski definition) is 1. The highest BCUT2D eigenvalue weighted by atomic mass is 14.6. The molecule has 0 aliphatic rings. The lowest BCUT2D eigenvalue weighted by molar-refractivity contribution is 0.392. The van der Waals surface area contributed by atoms with E-state index in [-0.39, 0.29) is 0 Å². The molecule has 0 bridgehead atoms. The van der Waals surface area contributed by atoms with Gasteiger partial charge in [0.05, 0.1) is 0 Å². The molecule has 2 N–H and O–H groups in total. The Balaban J connectivity index is 3.34. The quantitative estimate of drug-likeness (QED) is 0.642. The molecule has 0 aromatic carbocycles. The summed E-state index contributed by atoms with van der Waals surface area (Å²) in [5, 5.41) is 0. The molecule has 2 atom stereocenters. The summed E-state index contributed by atoms with van der Waals surface area (Å²) in [5.41, 5.74) is 5.67. The number of nitrogens with two attached hydrogens (primary N) is 1. The van der Waals surface area contributed by atoms with E-state index in [0.717, 1.165) is 18.3 Å². The van der Waals surface area contributed by atoms with Gasteiger partial charge in [0.15, 0.2) is 0 Å². The molecule has 0 amide bonds. The standard InChI is InChI=1S/C9H21N/c1-7(2)5-8(3)6-9(4)10/h7-9H,5-6,10H2,1-4H3/t8?,9-/m0/s1. The van der Waals surface area contributed by atoms with Crippen LogP contribution in [0.25, 0.3) is 0 Å². The second-order valence-corrected chi connectivity index (χ2v) is 3.95. The SMILES string of the molecule is CC(C)CC(C)C[C@H](C)N. The third-order valence-corrected chi connectivity index (χ3v) is 1.65. The molecular formula is C9H21N. The van der Waals surface area contributed by atoms with Crippen LogP contribution in [0.3, 0.4) is 0 Å². The van der Waals surface area contributed by atoms with Gasteiger partial charge in [-0.3, -0.25) is 0 Å². The van der Waals surface area contributed by atoms with E-state index < -0.39 is 0 Å². The number of hydrogen-bond acceptors (Lipinski definition) is 1. The normalized spacial score (nSPS) is 17.4. The zero-order valence-electron chi connectivity index (χ0n) is 7.72. The fourth-order valence-electron chi connectivity index (χ4n) is 1.54. The molecule has 0 radical (unpaired) electrons. The summed E-state index contributed by atoms with van der Waals surface area (Å²) in [4.78, 5) is 0. The third kappa shape index (κ3) is 6.09. The van der Waals surface area contributed by atoms with Gasteiger partial charge >= 0.3 is 0 Å². The molecule has 10 heavy (non-hydrogen) atoms. The highest BCUT2D eigenvalue weighted by Crippen LogP contribution is 2.15. The minimum absolute atomic E-state index is 0.369. The Hall–Kier alpha value is -0.0400. The maximum absolute atomic E-state index is 5.67. The topological polar surface area (TPSA) is 26.0 Å². The Morgan fingerprint density at radius 1 is 1.00 bits per heavy atom. The van der Waals surface area contributed by atoms with E-state index in [1.807, 2.05) is 0 Å². The Bertz CT molecular complexity index is 66.8. The Labute approximate surface area is 65.0 Å². The van der Waals surface area contributed by atoms with Crippen molar-refractivity contribution >= 4 is 0 Å². The minimum atomic E-state index is 0.369. The first-order chi connectivity index (χ1) is 4.52. The molecule has 0 fully saturated rings. The van der Waals surface area contributed by atoms with Gasteiger partial charge in [0.2, 0.25) is 0 Å². The fourth-order valence-corrected chi connectivity index (χ4v) is 1.54. The van der Waals surface area contributed by atoms with Gasteiger partial charge in [0, 0.05) is 6.04 Å². The molecule has 1 nitrogen and oxygen atoms in total. The maximum atomic E-state index is 5.67. The summed E-state index contributed by atoms with van der Waals surface area (Å²) in [6.45, 7) is 8.88. The Morgan fingerprint density at radius 2 is 1.50 bits per heavy atom. The van der Waals surface area contributed by atoms with Crippen molar-refractivity contribution in [2.75, 3.05) is 0 Å². The molecule has 0 spiro atoms. The lowest BCUT2D eigenvalue weighted by Crippen LogP contribution is -2.18. The first kappa shape index (κ1) is 9.96. The summed E-state index contributed by atoms with van der Waals surface area (Å²) in [5.74, 6) is 1.61. The lowest BCUT2D eigenvalue weighted by Gasteiger charge is -2.15. The number of rotatable bonds is 4. The smallest absolute Gasteiger partial charge is 0.00130 e. The molecule has 0 rings (SSSR count). The van der Waals surface area contributed by atoms with E-state index in [2.05, 4.69) is 27.7 Å². The van der Waals surface area contributed by atoms with Crippen molar-refractivity contribution in [3.63, 3.8) is 0 Å². The monoisotopic (exact) mass is 143 g/mol. The average molecular weight is 143 g/mol. The molecule has 0 aliphatic carbocycles. The van der Waals surface area contributed by atoms with Crippen LogP contribution >= 0.6 is 0 Å². The predicted octanol–water partition coefficient (Wildman–Crippen LogP) is 2.41. The zero-order valence-corrected chi connectivity index (χ0v) is 7.72. The zero-order chi connectivity index (χ0) is 8.15. The van der Waals surface area contributed by atoms with E-state index in [9.17, 15) is 0 Å². The fraction of sp³-hybridized carbons (Fsp3) is 1.00. The van der Waals surface area contributed by atoms with Gasteiger partial charge in [-0.05, 0) is 31.6 Å². The van der Waals surface area contributed by atoms with Crippen molar-refractivity contribution in [3.8, 4) is 0 Å². The van der Waals surface area contributed by atoms with Gasteiger partial charge in [0.1, 0.15) is 0 Å². The second-order valence-electron chi connectivity index (χ2n) is 3.95. The van der Waals surface area contributed by atoms with Gasteiger partial charge in [-0.1, -0.05) is 20.8 Å². The highest BCUT2D eigenvalue weighted by Gasteiger charge is 2.06. The average Bonchev–Trinajstić information content (AvgIpc) is 1.58. The first-order valence-electron chi connectivity index (χ1n) is 4.28.